The van der Waals surface area contributed by atoms with E-state index in [2.05, 4.69) is 0 Å². The quantitative estimate of drug-likeness (QED) is 0.506. The zero-order valence-electron chi connectivity index (χ0n) is 13.0. The van der Waals surface area contributed by atoms with E-state index in [1.54, 1.807) is 0 Å². The molecular formula is C17H26O5. The largest absolute Gasteiger partial charge is 0.508 e. The Labute approximate surface area is 131 Å². The molecule has 1 rings (SSSR count). The maximum absolute atomic E-state index is 10.3. The number of aromatic hydroxyl groups is 2. The van der Waals surface area contributed by atoms with Gasteiger partial charge in [0.05, 0.1) is 6.61 Å². The lowest BCUT2D eigenvalue weighted by Gasteiger charge is -2.07. The van der Waals surface area contributed by atoms with Crippen LogP contribution in [0.5, 0.6) is 17.2 Å². The van der Waals surface area contributed by atoms with Gasteiger partial charge >= 0.3 is 5.97 Å². The maximum atomic E-state index is 10.3. The Bertz CT molecular complexity index is 424. The van der Waals surface area contributed by atoms with Crippen molar-refractivity contribution < 1.29 is 24.9 Å². The van der Waals surface area contributed by atoms with E-state index >= 15 is 0 Å². The van der Waals surface area contributed by atoms with Crippen molar-refractivity contribution in [2.75, 3.05) is 6.61 Å². The van der Waals surface area contributed by atoms with E-state index in [1.165, 1.54) is 24.6 Å². The predicted molar refractivity (Wildman–Crippen MR) is 84.5 cm³/mol. The van der Waals surface area contributed by atoms with E-state index in [0.29, 0.717) is 12.4 Å². The summed E-state index contributed by atoms with van der Waals surface area (Å²) in [7, 11) is 0. The molecule has 0 fully saturated rings. The van der Waals surface area contributed by atoms with Crippen molar-refractivity contribution in [3.8, 4) is 17.2 Å². The van der Waals surface area contributed by atoms with Gasteiger partial charge in [-0.05, 0) is 12.8 Å². The molecule has 0 bridgehead atoms. The number of aliphatic carboxylic acids is 1. The van der Waals surface area contributed by atoms with Crippen molar-refractivity contribution in [2.45, 2.75) is 57.8 Å². The first-order valence-corrected chi connectivity index (χ1v) is 7.95. The van der Waals surface area contributed by atoms with Gasteiger partial charge < -0.3 is 20.1 Å². The first-order chi connectivity index (χ1) is 10.6. The van der Waals surface area contributed by atoms with Crippen LogP contribution < -0.4 is 4.74 Å². The Morgan fingerprint density at radius 1 is 0.818 bits per heavy atom. The monoisotopic (exact) mass is 310 g/mol. The Kier molecular flexibility index (Phi) is 8.88. The summed E-state index contributed by atoms with van der Waals surface area (Å²) < 4.78 is 5.47. The lowest BCUT2D eigenvalue weighted by atomic mass is 10.1. The molecule has 1 aromatic carbocycles. The van der Waals surface area contributed by atoms with Crippen LogP contribution in [0.4, 0.5) is 0 Å². The molecule has 0 radical (unpaired) electrons. The molecule has 1 aromatic rings. The first kappa shape index (κ1) is 18.1. The Morgan fingerprint density at radius 2 is 1.32 bits per heavy atom. The zero-order valence-corrected chi connectivity index (χ0v) is 13.0. The first-order valence-electron chi connectivity index (χ1n) is 7.95. The fraction of sp³-hybridized carbons (Fsp3) is 0.588. The average Bonchev–Trinajstić information content (AvgIpc) is 2.43. The number of carbonyl (C=O) groups is 1. The molecule has 0 aliphatic rings. The minimum atomic E-state index is -0.708. The number of carboxylic acid groups (broad SMARTS) is 1. The second kappa shape index (κ2) is 10.8. The molecule has 0 aliphatic carbocycles. The number of phenols is 2. The van der Waals surface area contributed by atoms with Gasteiger partial charge in [0.25, 0.3) is 0 Å². The maximum Gasteiger partial charge on any atom is 0.303 e. The highest BCUT2D eigenvalue weighted by molar-refractivity contribution is 5.66. The summed E-state index contributed by atoms with van der Waals surface area (Å²) in [6.07, 6.45) is 8.65. The van der Waals surface area contributed by atoms with Gasteiger partial charge in [-0.25, -0.2) is 0 Å². The summed E-state index contributed by atoms with van der Waals surface area (Å²) >= 11 is 0. The smallest absolute Gasteiger partial charge is 0.303 e. The normalized spacial score (nSPS) is 10.5. The SMILES string of the molecule is O=C(O)CCCCCCCCCCOc1cc(O)cc(O)c1. The highest BCUT2D eigenvalue weighted by atomic mass is 16.5. The van der Waals surface area contributed by atoms with Crippen molar-refractivity contribution in [2.24, 2.45) is 0 Å². The van der Waals surface area contributed by atoms with E-state index in [-0.39, 0.29) is 17.9 Å². The van der Waals surface area contributed by atoms with Gasteiger partial charge in [-0.1, -0.05) is 38.5 Å². The molecule has 5 heteroatoms. The van der Waals surface area contributed by atoms with Crippen molar-refractivity contribution >= 4 is 5.97 Å². The Morgan fingerprint density at radius 3 is 1.86 bits per heavy atom. The van der Waals surface area contributed by atoms with E-state index in [4.69, 9.17) is 9.84 Å². The molecule has 0 saturated heterocycles. The summed E-state index contributed by atoms with van der Waals surface area (Å²) in [6, 6.07) is 4.23. The van der Waals surface area contributed by atoms with Gasteiger partial charge in [0.15, 0.2) is 0 Å². The predicted octanol–water partition coefficient (Wildman–Crippen LogP) is 4.07. The van der Waals surface area contributed by atoms with Gasteiger partial charge in [0.2, 0.25) is 0 Å². The van der Waals surface area contributed by atoms with Crippen molar-refractivity contribution in [1.82, 2.24) is 0 Å². The molecule has 0 heterocycles. The minimum Gasteiger partial charge on any atom is -0.508 e. The van der Waals surface area contributed by atoms with Crippen LogP contribution in [0.25, 0.3) is 0 Å². The second-order valence-electron chi connectivity index (χ2n) is 5.51. The van der Waals surface area contributed by atoms with E-state index in [0.717, 1.165) is 44.9 Å². The molecule has 0 atom stereocenters. The molecule has 0 spiro atoms. The molecule has 0 unspecified atom stereocenters. The van der Waals surface area contributed by atoms with Crippen LogP contribution in [0, 0.1) is 0 Å². The highest BCUT2D eigenvalue weighted by Crippen LogP contribution is 2.25. The van der Waals surface area contributed by atoms with E-state index < -0.39 is 5.97 Å². The summed E-state index contributed by atoms with van der Waals surface area (Å²) in [4.78, 5) is 10.3. The summed E-state index contributed by atoms with van der Waals surface area (Å²) in [6.45, 7) is 0.571. The number of ether oxygens (including phenoxy) is 1. The third-order valence-electron chi connectivity index (χ3n) is 3.43. The van der Waals surface area contributed by atoms with Crippen LogP contribution in [-0.2, 0) is 4.79 Å². The minimum absolute atomic E-state index is 0.00195. The van der Waals surface area contributed by atoms with Crippen molar-refractivity contribution in [3.05, 3.63) is 18.2 Å². The van der Waals surface area contributed by atoms with Gasteiger partial charge in [-0.15, -0.1) is 0 Å². The summed E-state index contributed by atoms with van der Waals surface area (Å²) in [5.74, 6) is -0.230. The molecule has 22 heavy (non-hydrogen) atoms. The van der Waals surface area contributed by atoms with Gasteiger partial charge in [0.1, 0.15) is 17.2 Å². The second-order valence-corrected chi connectivity index (χ2v) is 5.51. The molecule has 124 valence electrons. The van der Waals surface area contributed by atoms with Crippen LogP contribution in [0.3, 0.4) is 0 Å². The van der Waals surface area contributed by atoms with E-state index in [9.17, 15) is 15.0 Å². The van der Waals surface area contributed by atoms with E-state index in [1.807, 2.05) is 0 Å². The van der Waals surface area contributed by atoms with Crippen LogP contribution in [0.2, 0.25) is 0 Å². The Hall–Kier alpha value is -1.91. The number of hydrogen-bond acceptors (Lipinski definition) is 4. The lowest BCUT2D eigenvalue weighted by Crippen LogP contribution is -1.97. The van der Waals surface area contributed by atoms with Crippen LogP contribution in [-0.4, -0.2) is 27.9 Å². The third kappa shape index (κ3) is 9.10. The van der Waals surface area contributed by atoms with Crippen LogP contribution >= 0.6 is 0 Å². The number of unbranched alkanes of at least 4 members (excludes halogenated alkanes) is 7. The average molecular weight is 310 g/mol. The molecular weight excluding hydrogens is 284 g/mol. The molecule has 3 N–H and O–H groups in total. The summed E-state index contributed by atoms with van der Waals surface area (Å²) in [5.41, 5.74) is 0. The number of phenolic OH excluding ortho intramolecular Hbond substituents is 2. The standard InChI is InChI=1S/C17H26O5/c18-14-11-15(19)13-16(12-14)22-10-8-6-4-2-1-3-5-7-9-17(20)21/h11-13,18-19H,1-10H2,(H,20,21). The molecule has 0 aromatic heterocycles. The number of rotatable bonds is 12. The number of carboxylic acids is 1. The topological polar surface area (TPSA) is 87.0 Å². The van der Waals surface area contributed by atoms with Gasteiger partial charge in [-0.2, -0.15) is 0 Å². The van der Waals surface area contributed by atoms with Crippen LogP contribution in [0.15, 0.2) is 18.2 Å². The van der Waals surface area contributed by atoms with Crippen LogP contribution in [0.1, 0.15) is 57.8 Å². The van der Waals surface area contributed by atoms with Gasteiger partial charge in [0, 0.05) is 24.6 Å². The van der Waals surface area contributed by atoms with Gasteiger partial charge in [-0.3, -0.25) is 4.79 Å². The number of benzene rings is 1. The zero-order chi connectivity index (χ0) is 16.2. The lowest BCUT2D eigenvalue weighted by molar-refractivity contribution is -0.137. The molecule has 0 saturated carbocycles. The fourth-order valence-electron chi connectivity index (χ4n) is 2.28. The molecule has 5 nitrogen and oxygen atoms in total. The third-order valence-corrected chi connectivity index (χ3v) is 3.43. The summed E-state index contributed by atoms with van der Waals surface area (Å²) in [5, 5.41) is 27.1. The highest BCUT2D eigenvalue weighted by Gasteiger charge is 2.00. The van der Waals surface area contributed by atoms with Crippen molar-refractivity contribution in [3.63, 3.8) is 0 Å². The molecule has 0 aliphatic heterocycles. The number of hydrogen-bond donors (Lipinski definition) is 3. The van der Waals surface area contributed by atoms with Crippen molar-refractivity contribution in [1.29, 1.82) is 0 Å². The Balaban J connectivity index is 1.92. The fourth-order valence-corrected chi connectivity index (χ4v) is 2.28. The molecule has 0 amide bonds.